The van der Waals surface area contributed by atoms with Crippen LogP contribution in [0.2, 0.25) is 0 Å². The summed E-state index contributed by atoms with van der Waals surface area (Å²) < 4.78 is 5.35. The van der Waals surface area contributed by atoms with Crippen LogP contribution in [0.3, 0.4) is 0 Å². The van der Waals surface area contributed by atoms with Crippen LogP contribution in [-0.2, 0) is 11.2 Å². The Balaban J connectivity index is 1.69. The van der Waals surface area contributed by atoms with Crippen LogP contribution in [0.15, 0.2) is 42.5 Å². The number of methoxy groups -OCH3 is 1. The van der Waals surface area contributed by atoms with Gasteiger partial charge in [-0.2, -0.15) is 0 Å². The summed E-state index contributed by atoms with van der Waals surface area (Å²) in [7, 11) is 3.73. The van der Waals surface area contributed by atoms with Crippen molar-refractivity contribution in [1.82, 2.24) is 0 Å². The molecule has 0 aliphatic heterocycles. The molecular weight excluding hydrogens is 312 g/mol. The molecule has 0 spiro atoms. The zero-order valence-corrected chi connectivity index (χ0v) is 15.3. The van der Waals surface area contributed by atoms with Crippen LogP contribution >= 0.6 is 0 Å². The molecule has 4 nitrogen and oxygen atoms in total. The lowest BCUT2D eigenvalue weighted by atomic mass is 9.87. The summed E-state index contributed by atoms with van der Waals surface area (Å²) in [5.41, 5.74) is 4.66. The Morgan fingerprint density at radius 2 is 2.08 bits per heavy atom. The molecule has 0 heterocycles. The molecule has 25 heavy (non-hydrogen) atoms. The highest BCUT2D eigenvalue weighted by molar-refractivity contribution is 5.93. The number of carbonyl (C=O) groups excluding carboxylic acids is 1. The summed E-state index contributed by atoms with van der Waals surface area (Å²) in [6, 6.07) is 14.8. The number of aryl methyl sites for hydroxylation is 2. The molecule has 4 heteroatoms. The molecule has 0 radical (unpaired) electrons. The molecule has 1 aliphatic rings. The Hall–Kier alpha value is -2.33. The molecule has 2 atom stereocenters. The van der Waals surface area contributed by atoms with Gasteiger partial charge < -0.3 is 15.0 Å². The molecule has 0 aromatic heterocycles. The number of benzene rings is 2. The molecule has 1 unspecified atom stereocenters. The average Bonchev–Trinajstić information content (AvgIpc) is 2.61. The van der Waals surface area contributed by atoms with E-state index in [1.807, 2.05) is 25.1 Å². The van der Waals surface area contributed by atoms with Crippen LogP contribution in [0.25, 0.3) is 0 Å². The summed E-state index contributed by atoms with van der Waals surface area (Å²) in [5.74, 6) is 0.712. The molecule has 2 aromatic carbocycles. The van der Waals surface area contributed by atoms with Gasteiger partial charge in [-0.25, -0.2) is 0 Å². The first kappa shape index (κ1) is 17.5. The van der Waals surface area contributed by atoms with Crippen LogP contribution in [0.4, 0.5) is 5.69 Å². The number of fused-ring (bicyclic) bond motifs is 1. The van der Waals surface area contributed by atoms with Crippen LogP contribution in [0.1, 0.15) is 35.6 Å². The quantitative estimate of drug-likeness (QED) is 0.879. The predicted molar refractivity (Wildman–Crippen MR) is 100 cm³/mol. The van der Waals surface area contributed by atoms with E-state index in [0.29, 0.717) is 18.3 Å². The fourth-order valence-electron chi connectivity index (χ4n) is 3.76. The van der Waals surface area contributed by atoms with Crippen molar-refractivity contribution in [2.75, 3.05) is 26.0 Å². The lowest BCUT2D eigenvalue weighted by molar-refractivity contribution is -0.905. The topological polar surface area (TPSA) is 42.8 Å². The van der Waals surface area contributed by atoms with Crippen molar-refractivity contribution in [3.63, 3.8) is 0 Å². The van der Waals surface area contributed by atoms with E-state index in [1.54, 1.807) is 7.11 Å². The fraction of sp³-hybridized carbons (Fsp3) is 0.381. The maximum Gasteiger partial charge on any atom is 0.279 e. The zero-order valence-electron chi connectivity index (χ0n) is 15.3. The minimum atomic E-state index is 0.0180. The second-order valence-electron chi connectivity index (χ2n) is 6.92. The highest BCUT2D eigenvalue weighted by atomic mass is 16.5. The largest absolute Gasteiger partial charge is 0.495 e. The van der Waals surface area contributed by atoms with Crippen molar-refractivity contribution < 1.29 is 14.4 Å². The maximum absolute atomic E-state index is 12.6. The summed E-state index contributed by atoms with van der Waals surface area (Å²) in [6.45, 7) is 2.45. The Labute approximate surface area is 149 Å². The van der Waals surface area contributed by atoms with E-state index in [9.17, 15) is 4.79 Å². The third kappa shape index (κ3) is 4.02. The molecule has 2 N–H and O–H groups in total. The first-order valence-electron chi connectivity index (χ1n) is 8.93. The number of rotatable bonds is 5. The predicted octanol–water partition coefficient (Wildman–Crippen LogP) is 2.53. The molecule has 132 valence electrons. The lowest BCUT2D eigenvalue weighted by Crippen LogP contribution is -3.10. The van der Waals surface area contributed by atoms with Crippen molar-refractivity contribution >= 4 is 11.6 Å². The Morgan fingerprint density at radius 3 is 2.88 bits per heavy atom. The van der Waals surface area contributed by atoms with Crippen LogP contribution in [-0.4, -0.2) is 26.6 Å². The van der Waals surface area contributed by atoms with Crippen molar-refractivity contribution in [1.29, 1.82) is 0 Å². The van der Waals surface area contributed by atoms with Gasteiger partial charge in [-0.05, 0) is 43.0 Å². The van der Waals surface area contributed by atoms with Gasteiger partial charge in [-0.1, -0.05) is 30.3 Å². The number of hydrogen-bond acceptors (Lipinski definition) is 2. The van der Waals surface area contributed by atoms with Gasteiger partial charge in [0.15, 0.2) is 6.54 Å². The van der Waals surface area contributed by atoms with Gasteiger partial charge in [0.1, 0.15) is 11.8 Å². The monoisotopic (exact) mass is 339 g/mol. The number of anilines is 1. The number of amides is 1. The molecule has 1 amide bonds. The van der Waals surface area contributed by atoms with Gasteiger partial charge in [0.2, 0.25) is 0 Å². The van der Waals surface area contributed by atoms with Crippen LogP contribution < -0.4 is 15.0 Å². The van der Waals surface area contributed by atoms with E-state index in [1.165, 1.54) is 22.4 Å². The van der Waals surface area contributed by atoms with Gasteiger partial charge >= 0.3 is 0 Å². The van der Waals surface area contributed by atoms with E-state index >= 15 is 0 Å². The number of carbonyl (C=O) groups is 1. The molecule has 2 aromatic rings. The summed E-state index contributed by atoms with van der Waals surface area (Å²) in [5, 5.41) is 3.01. The van der Waals surface area contributed by atoms with Gasteiger partial charge in [0.25, 0.3) is 5.91 Å². The smallest absolute Gasteiger partial charge is 0.279 e. The third-order valence-corrected chi connectivity index (χ3v) is 5.03. The first-order valence-corrected chi connectivity index (χ1v) is 8.93. The van der Waals surface area contributed by atoms with E-state index < -0.39 is 0 Å². The molecule has 0 fully saturated rings. The van der Waals surface area contributed by atoms with Crippen LogP contribution in [0, 0.1) is 6.92 Å². The van der Waals surface area contributed by atoms with E-state index in [4.69, 9.17) is 4.74 Å². The van der Waals surface area contributed by atoms with Gasteiger partial charge in [0.05, 0.1) is 19.8 Å². The standard InChI is InChI=1S/C21H26N2O2/c1-15-11-12-20(25-3)18(13-15)22-21(24)14-23(2)19-10-6-8-16-7-4-5-9-17(16)19/h4-5,7,9,11-13,19H,6,8,10,14H2,1-3H3,(H,22,24)/p+1/t19-/m1/s1. The molecular formula is C21H27N2O2+. The van der Waals surface area contributed by atoms with Crippen molar-refractivity contribution in [2.24, 2.45) is 0 Å². The number of hydrogen-bond donors (Lipinski definition) is 2. The second kappa shape index (κ2) is 7.70. The molecule has 0 saturated heterocycles. The minimum Gasteiger partial charge on any atom is -0.495 e. The summed E-state index contributed by atoms with van der Waals surface area (Å²) in [4.78, 5) is 13.8. The van der Waals surface area contributed by atoms with Crippen molar-refractivity contribution in [3.8, 4) is 5.75 Å². The van der Waals surface area contributed by atoms with E-state index in [-0.39, 0.29) is 5.91 Å². The van der Waals surface area contributed by atoms with E-state index in [0.717, 1.165) is 24.1 Å². The minimum absolute atomic E-state index is 0.0180. The second-order valence-corrected chi connectivity index (χ2v) is 6.92. The molecule has 0 bridgehead atoms. The Kier molecular flexibility index (Phi) is 5.39. The Bertz CT molecular complexity index is 757. The van der Waals surface area contributed by atoms with Gasteiger partial charge in [0, 0.05) is 12.0 Å². The molecule has 1 aliphatic carbocycles. The number of likely N-dealkylation sites (N-methyl/N-ethyl adjacent to an activating group) is 1. The highest BCUT2D eigenvalue weighted by Gasteiger charge is 2.28. The Morgan fingerprint density at radius 1 is 1.28 bits per heavy atom. The lowest BCUT2D eigenvalue weighted by Gasteiger charge is -2.30. The third-order valence-electron chi connectivity index (χ3n) is 5.03. The van der Waals surface area contributed by atoms with Crippen molar-refractivity contribution in [3.05, 3.63) is 59.2 Å². The van der Waals surface area contributed by atoms with Crippen molar-refractivity contribution in [2.45, 2.75) is 32.2 Å². The normalized spacial score (nSPS) is 17.5. The van der Waals surface area contributed by atoms with Gasteiger partial charge in [-0.3, -0.25) is 4.79 Å². The van der Waals surface area contributed by atoms with Crippen LogP contribution in [0.5, 0.6) is 5.75 Å². The fourth-order valence-corrected chi connectivity index (χ4v) is 3.76. The molecule has 3 rings (SSSR count). The molecule has 0 saturated carbocycles. The average molecular weight is 339 g/mol. The van der Waals surface area contributed by atoms with Gasteiger partial charge in [-0.15, -0.1) is 0 Å². The van der Waals surface area contributed by atoms with E-state index in [2.05, 4.69) is 36.6 Å². The summed E-state index contributed by atoms with van der Waals surface area (Å²) in [6.07, 6.45) is 3.46. The highest BCUT2D eigenvalue weighted by Crippen LogP contribution is 2.27. The summed E-state index contributed by atoms with van der Waals surface area (Å²) >= 11 is 0. The zero-order chi connectivity index (χ0) is 17.8. The SMILES string of the molecule is COc1ccc(C)cc1NC(=O)C[NH+](C)[C@@H]1CCCc2ccccc21. The first-order chi connectivity index (χ1) is 12.1. The number of quaternary nitrogens is 1. The number of ether oxygens (including phenoxy) is 1. The number of nitrogens with one attached hydrogen (secondary N) is 2. The maximum atomic E-state index is 12.6.